The SMILES string of the molecule is c1ccc2c(c1)CNCCC2N1CCCO1. The lowest BCUT2D eigenvalue weighted by Crippen LogP contribution is -2.25. The fraction of sp³-hybridized carbons (Fsp3) is 0.538. The Morgan fingerprint density at radius 2 is 2.25 bits per heavy atom. The number of benzene rings is 1. The minimum absolute atomic E-state index is 0.439. The highest BCUT2D eigenvalue weighted by Gasteiger charge is 2.27. The molecule has 0 radical (unpaired) electrons. The maximum atomic E-state index is 5.71. The van der Waals surface area contributed by atoms with Crippen LogP contribution in [0.4, 0.5) is 0 Å². The van der Waals surface area contributed by atoms with Crippen molar-refractivity contribution in [3.05, 3.63) is 35.4 Å². The third-order valence-corrected chi connectivity index (χ3v) is 3.45. The predicted octanol–water partition coefficient (Wildman–Crippen LogP) is 1.86. The Balaban J connectivity index is 1.92. The Kier molecular flexibility index (Phi) is 2.91. The molecule has 1 unspecified atom stereocenters. The van der Waals surface area contributed by atoms with Crippen LogP contribution < -0.4 is 5.32 Å². The van der Waals surface area contributed by atoms with Gasteiger partial charge in [-0.15, -0.1) is 0 Å². The van der Waals surface area contributed by atoms with Crippen LogP contribution in [0.2, 0.25) is 0 Å². The van der Waals surface area contributed by atoms with Gasteiger partial charge in [-0.05, 0) is 30.5 Å². The van der Waals surface area contributed by atoms with Gasteiger partial charge in [0.2, 0.25) is 0 Å². The lowest BCUT2D eigenvalue weighted by Gasteiger charge is -2.26. The Labute approximate surface area is 96.4 Å². The average molecular weight is 218 g/mol. The number of hydrogen-bond donors (Lipinski definition) is 1. The van der Waals surface area contributed by atoms with Gasteiger partial charge in [0, 0.05) is 13.1 Å². The molecule has 1 aromatic carbocycles. The molecule has 0 aliphatic carbocycles. The van der Waals surface area contributed by atoms with Gasteiger partial charge < -0.3 is 5.32 Å². The van der Waals surface area contributed by atoms with Crippen LogP contribution in [0.5, 0.6) is 0 Å². The summed E-state index contributed by atoms with van der Waals surface area (Å²) in [7, 11) is 0. The van der Waals surface area contributed by atoms with Crippen molar-refractivity contribution < 1.29 is 4.84 Å². The van der Waals surface area contributed by atoms with E-state index < -0.39 is 0 Å². The van der Waals surface area contributed by atoms with E-state index in [1.54, 1.807) is 0 Å². The quantitative estimate of drug-likeness (QED) is 0.778. The minimum Gasteiger partial charge on any atom is -0.313 e. The van der Waals surface area contributed by atoms with Crippen molar-refractivity contribution in [2.24, 2.45) is 0 Å². The summed E-state index contributed by atoms with van der Waals surface area (Å²) in [6.07, 6.45) is 2.29. The summed E-state index contributed by atoms with van der Waals surface area (Å²) in [5.41, 5.74) is 2.86. The summed E-state index contributed by atoms with van der Waals surface area (Å²) in [5.74, 6) is 0. The first-order valence-corrected chi connectivity index (χ1v) is 6.13. The van der Waals surface area contributed by atoms with E-state index in [1.165, 1.54) is 11.1 Å². The molecule has 0 saturated carbocycles. The molecular formula is C13H18N2O. The van der Waals surface area contributed by atoms with Crippen LogP contribution in [0.3, 0.4) is 0 Å². The smallest absolute Gasteiger partial charge is 0.0698 e. The monoisotopic (exact) mass is 218 g/mol. The summed E-state index contributed by atoms with van der Waals surface area (Å²) in [4.78, 5) is 5.71. The zero-order valence-corrected chi connectivity index (χ0v) is 9.48. The first-order chi connectivity index (χ1) is 7.95. The van der Waals surface area contributed by atoms with Crippen LogP contribution in [-0.4, -0.2) is 24.8 Å². The fourth-order valence-corrected chi connectivity index (χ4v) is 2.65. The van der Waals surface area contributed by atoms with Crippen molar-refractivity contribution in [1.82, 2.24) is 10.4 Å². The van der Waals surface area contributed by atoms with Gasteiger partial charge in [0.05, 0.1) is 12.6 Å². The molecule has 1 aromatic rings. The number of nitrogens with zero attached hydrogens (tertiary/aromatic N) is 1. The molecule has 0 spiro atoms. The number of hydroxylamine groups is 2. The molecular weight excluding hydrogens is 200 g/mol. The molecule has 0 bridgehead atoms. The first-order valence-electron chi connectivity index (χ1n) is 6.13. The highest BCUT2D eigenvalue weighted by atomic mass is 16.7. The van der Waals surface area contributed by atoms with Crippen LogP contribution in [0, 0.1) is 0 Å². The van der Waals surface area contributed by atoms with E-state index in [0.29, 0.717) is 6.04 Å². The third kappa shape index (κ3) is 1.86. The molecule has 86 valence electrons. The molecule has 0 aromatic heterocycles. The van der Waals surface area contributed by atoms with E-state index >= 15 is 0 Å². The van der Waals surface area contributed by atoms with E-state index in [9.17, 15) is 0 Å². The molecule has 16 heavy (non-hydrogen) atoms. The summed E-state index contributed by atoms with van der Waals surface area (Å²) < 4.78 is 0. The zero-order chi connectivity index (χ0) is 10.8. The van der Waals surface area contributed by atoms with Gasteiger partial charge in [0.15, 0.2) is 0 Å². The first kappa shape index (κ1) is 10.3. The van der Waals surface area contributed by atoms with Gasteiger partial charge in [-0.1, -0.05) is 24.3 Å². The third-order valence-electron chi connectivity index (χ3n) is 3.45. The zero-order valence-electron chi connectivity index (χ0n) is 9.48. The molecule has 2 aliphatic rings. The molecule has 2 heterocycles. The Morgan fingerprint density at radius 1 is 1.31 bits per heavy atom. The van der Waals surface area contributed by atoms with E-state index in [1.807, 2.05) is 0 Å². The van der Waals surface area contributed by atoms with E-state index in [0.717, 1.165) is 39.1 Å². The van der Waals surface area contributed by atoms with E-state index in [4.69, 9.17) is 4.84 Å². The van der Waals surface area contributed by atoms with Crippen molar-refractivity contribution in [2.75, 3.05) is 19.7 Å². The maximum Gasteiger partial charge on any atom is 0.0698 e. The molecule has 3 rings (SSSR count). The van der Waals surface area contributed by atoms with Crippen LogP contribution in [-0.2, 0) is 11.4 Å². The summed E-state index contributed by atoms with van der Waals surface area (Å²) in [6.45, 7) is 4.00. The van der Waals surface area contributed by atoms with Gasteiger partial charge in [-0.25, -0.2) is 0 Å². The molecule has 3 heteroatoms. The van der Waals surface area contributed by atoms with Crippen LogP contribution >= 0.6 is 0 Å². The van der Waals surface area contributed by atoms with Crippen LogP contribution in [0.15, 0.2) is 24.3 Å². The summed E-state index contributed by atoms with van der Waals surface area (Å²) in [5, 5.41) is 5.65. The maximum absolute atomic E-state index is 5.71. The number of fused-ring (bicyclic) bond motifs is 1. The molecule has 2 aliphatic heterocycles. The molecule has 1 fully saturated rings. The lowest BCUT2D eigenvalue weighted by atomic mass is 9.99. The normalized spacial score (nSPS) is 26.4. The highest BCUT2D eigenvalue weighted by Crippen LogP contribution is 2.31. The van der Waals surface area contributed by atoms with Crippen molar-refractivity contribution in [3.63, 3.8) is 0 Å². The second-order valence-corrected chi connectivity index (χ2v) is 4.51. The predicted molar refractivity (Wildman–Crippen MR) is 62.8 cm³/mol. The van der Waals surface area contributed by atoms with Gasteiger partial charge in [-0.2, -0.15) is 5.06 Å². The van der Waals surface area contributed by atoms with Gasteiger partial charge in [0.1, 0.15) is 0 Å². The van der Waals surface area contributed by atoms with E-state index in [2.05, 4.69) is 34.6 Å². The van der Waals surface area contributed by atoms with Gasteiger partial charge in [0.25, 0.3) is 0 Å². The number of hydrogen-bond acceptors (Lipinski definition) is 3. The number of rotatable bonds is 1. The summed E-state index contributed by atoms with van der Waals surface area (Å²) in [6, 6.07) is 9.15. The second-order valence-electron chi connectivity index (χ2n) is 4.51. The van der Waals surface area contributed by atoms with Crippen molar-refractivity contribution in [2.45, 2.75) is 25.4 Å². The Morgan fingerprint density at radius 3 is 3.12 bits per heavy atom. The molecule has 1 atom stereocenters. The van der Waals surface area contributed by atoms with Gasteiger partial charge >= 0.3 is 0 Å². The van der Waals surface area contributed by atoms with Crippen LogP contribution in [0.25, 0.3) is 0 Å². The molecule has 1 saturated heterocycles. The van der Waals surface area contributed by atoms with Gasteiger partial charge in [-0.3, -0.25) is 4.84 Å². The van der Waals surface area contributed by atoms with Crippen molar-refractivity contribution in [3.8, 4) is 0 Å². The number of nitrogens with one attached hydrogen (secondary N) is 1. The minimum atomic E-state index is 0.439. The average Bonchev–Trinajstić information content (AvgIpc) is 2.76. The topological polar surface area (TPSA) is 24.5 Å². The van der Waals surface area contributed by atoms with Crippen LogP contribution in [0.1, 0.15) is 30.0 Å². The highest BCUT2D eigenvalue weighted by molar-refractivity contribution is 5.30. The van der Waals surface area contributed by atoms with Crippen molar-refractivity contribution >= 4 is 0 Å². The molecule has 3 nitrogen and oxygen atoms in total. The Hall–Kier alpha value is -0.900. The van der Waals surface area contributed by atoms with E-state index in [-0.39, 0.29) is 0 Å². The standard InChI is InChI=1S/C13H18N2O/c1-2-5-12-11(4-1)10-14-7-6-13(12)15-8-3-9-16-15/h1-2,4-5,13-14H,3,6-10H2. The molecule has 0 amide bonds. The fourth-order valence-electron chi connectivity index (χ4n) is 2.65. The molecule has 1 N–H and O–H groups in total. The lowest BCUT2D eigenvalue weighted by molar-refractivity contribution is -0.144. The summed E-state index contributed by atoms with van der Waals surface area (Å²) >= 11 is 0. The second kappa shape index (κ2) is 4.53. The van der Waals surface area contributed by atoms with Crippen molar-refractivity contribution in [1.29, 1.82) is 0 Å². The largest absolute Gasteiger partial charge is 0.313 e. The Bertz CT molecular complexity index is 361.